The Morgan fingerprint density at radius 1 is 1.20 bits per heavy atom. The van der Waals surface area contributed by atoms with Gasteiger partial charge in [0.25, 0.3) is 5.91 Å². The number of aromatic nitrogens is 2. The van der Waals surface area contributed by atoms with Crippen LogP contribution in [0.15, 0.2) is 30.3 Å². The maximum atomic E-state index is 12.0. The topological polar surface area (TPSA) is 96.5 Å². The minimum Gasteiger partial charge on any atom is -0.410 e. The first-order valence-electron chi connectivity index (χ1n) is 7.67. The van der Waals surface area contributed by atoms with E-state index in [9.17, 15) is 9.59 Å². The van der Waals surface area contributed by atoms with Crippen molar-refractivity contribution in [3.63, 3.8) is 0 Å². The van der Waals surface area contributed by atoms with Gasteiger partial charge in [0.15, 0.2) is 0 Å². The number of carbonyl (C=O) groups excluding carboxylic acids is 2. The molecule has 2 aromatic rings. The number of ether oxygens (including phenoxy) is 1. The molecule has 134 valence electrons. The molecule has 0 aliphatic carbocycles. The third kappa shape index (κ3) is 5.05. The fourth-order valence-corrected chi connectivity index (χ4v) is 1.96. The van der Waals surface area contributed by atoms with Crippen molar-refractivity contribution in [2.45, 2.75) is 26.3 Å². The Labute approximate surface area is 146 Å². The van der Waals surface area contributed by atoms with E-state index in [-0.39, 0.29) is 11.4 Å². The zero-order valence-electron chi connectivity index (χ0n) is 14.9. The number of amides is 2. The predicted molar refractivity (Wildman–Crippen MR) is 92.0 cm³/mol. The van der Waals surface area contributed by atoms with Gasteiger partial charge >= 0.3 is 6.09 Å². The second-order valence-corrected chi connectivity index (χ2v) is 6.44. The van der Waals surface area contributed by atoms with Crippen LogP contribution in [0.4, 0.5) is 4.79 Å². The minimum atomic E-state index is -0.518. The van der Waals surface area contributed by atoms with E-state index < -0.39 is 6.09 Å². The van der Waals surface area contributed by atoms with Crippen molar-refractivity contribution in [3.8, 4) is 17.0 Å². The number of rotatable bonds is 4. The summed E-state index contributed by atoms with van der Waals surface area (Å²) in [7, 11) is 2.92. The van der Waals surface area contributed by atoms with Gasteiger partial charge in [0.1, 0.15) is 11.4 Å². The van der Waals surface area contributed by atoms with Crippen LogP contribution in [0, 0.1) is 0 Å². The maximum absolute atomic E-state index is 12.0. The van der Waals surface area contributed by atoms with Crippen LogP contribution in [0.5, 0.6) is 5.75 Å². The lowest BCUT2D eigenvalue weighted by Gasteiger charge is -2.19. The highest BCUT2D eigenvalue weighted by atomic mass is 16.7. The molecule has 1 heterocycles. The first-order valence-corrected chi connectivity index (χ1v) is 7.67. The summed E-state index contributed by atoms with van der Waals surface area (Å²) in [5, 5.41) is 10.6. The summed E-state index contributed by atoms with van der Waals surface area (Å²) in [6.45, 7) is 5.61. The van der Waals surface area contributed by atoms with Gasteiger partial charge in [0.2, 0.25) is 0 Å². The second-order valence-electron chi connectivity index (χ2n) is 6.44. The molecule has 0 radical (unpaired) electrons. The average molecular weight is 346 g/mol. The number of carbonyl (C=O) groups is 2. The Balaban J connectivity index is 2.06. The lowest BCUT2D eigenvalue weighted by molar-refractivity contribution is -0.0760. The molecule has 8 nitrogen and oxygen atoms in total. The van der Waals surface area contributed by atoms with E-state index in [0.717, 1.165) is 10.6 Å². The lowest BCUT2D eigenvalue weighted by atomic mass is 10.1. The summed E-state index contributed by atoms with van der Waals surface area (Å²) in [6.07, 6.45) is -0.518. The zero-order chi connectivity index (χ0) is 18.6. The monoisotopic (exact) mass is 346 g/mol. The number of nitrogens with zero attached hydrogens (tertiary/aromatic N) is 2. The number of benzene rings is 1. The van der Waals surface area contributed by atoms with Gasteiger partial charge < -0.3 is 10.1 Å². The van der Waals surface area contributed by atoms with Gasteiger partial charge in [-0.3, -0.25) is 14.7 Å². The number of hydrogen-bond acceptors (Lipinski definition) is 5. The molecule has 0 aliphatic heterocycles. The fraction of sp³-hybridized carbons (Fsp3) is 0.353. The molecule has 1 aromatic carbocycles. The summed E-state index contributed by atoms with van der Waals surface area (Å²) < 4.78 is 5.22. The molecule has 0 saturated heterocycles. The second kappa shape index (κ2) is 7.35. The van der Waals surface area contributed by atoms with Crippen LogP contribution >= 0.6 is 0 Å². The van der Waals surface area contributed by atoms with Crippen molar-refractivity contribution < 1.29 is 19.2 Å². The average Bonchev–Trinajstić information content (AvgIpc) is 3.02. The van der Waals surface area contributed by atoms with Crippen molar-refractivity contribution in [3.05, 3.63) is 36.0 Å². The van der Waals surface area contributed by atoms with E-state index in [2.05, 4.69) is 15.5 Å². The molecule has 0 saturated carbocycles. The maximum Gasteiger partial charge on any atom is 0.413 e. The zero-order valence-corrected chi connectivity index (χ0v) is 14.9. The van der Waals surface area contributed by atoms with Crippen molar-refractivity contribution in [2.75, 3.05) is 14.2 Å². The van der Waals surface area contributed by atoms with Gasteiger partial charge in [-0.15, -0.1) is 0 Å². The molecule has 25 heavy (non-hydrogen) atoms. The molecule has 0 bridgehead atoms. The van der Waals surface area contributed by atoms with Crippen molar-refractivity contribution in [2.24, 2.45) is 0 Å². The van der Waals surface area contributed by atoms with Gasteiger partial charge in [0.05, 0.1) is 12.8 Å². The first-order chi connectivity index (χ1) is 11.7. The molecule has 2 N–H and O–H groups in total. The predicted octanol–water partition coefficient (Wildman–Crippen LogP) is 2.60. The number of aromatic amines is 1. The Hall–Kier alpha value is -2.87. The summed E-state index contributed by atoms with van der Waals surface area (Å²) in [5.74, 6) is 0.0801. The van der Waals surface area contributed by atoms with Crippen LogP contribution in [0.1, 0.15) is 31.3 Å². The quantitative estimate of drug-likeness (QED) is 0.830. The van der Waals surface area contributed by atoms with Crippen molar-refractivity contribution in [1.82, 2.24) is 20.6 Å². The summed E-state index contributed by atoms with van der Waals surface area (Å²) in [6, 6.07) is 8.46. The molecule has 1 aromatic heterocycles. The molecule has 0 unspecified atom stereocenters. The summed E-state index contributed by atoms with van der Waals surface area (Å²) in [5.41, 5.74) is 1.31. The summed E-state index contributed by atoms with van der Waals surface area (Å²) in [4.78, 5) is 28.6. The van der Waals surface area contributed by atoms with Crippen molar-refractivity contribution >= 4 is 12.0 Å². The van der Waals surface area contributed by atoms with Crippen LogP contribution in [-0.4, -0.2) is 47.0 Å². The first kappa shape index (κ1) is 18.5. The third-order valence-corrected chi connectivity index (χ3v) is 3.21. The number of H-pyrrole nitrogens is 1. The smallest absolute Gasteiger partial charge is 0.410 e. The SMILES string of the molecule is CON(C)C(=O)c1cc(-c2ccc(OC(=O)NC(C)(C)C)cc2)n[nH]1. The van der Waals surface area contributed by atoms with E-state index >= 15 is 0 Å². The summed E-state index contributed by atoms with van der Waals surface area (Å²) >= 11 is 0. The molecule has 0 aliphatic rings. The largest absolute Gasteiger partial charge is 0.413 e. The van der Waals surface area contributed by atoms with Crippen LogP contribution in [0.25, 0.3) is 11.3 Å². The number of hydrogen-bond donors (Lipinski definition) is 2. The van der Waals surface area contributed by atoms with E-state index in [0.29, 0.717) is 17.1 Å². The minimum absolute atomic E-state index is 0.309. The fourth-order valence-electron chi connectivity index (χ4n) is 1.96. The molecular formula is C17H22N4O4. The molecule has 2 amide bonds. The van der Waals surface area contributed by atoms with Crippen LogP contribution in [0.3, 0.4) is 0 Å². The lowest BCUT2D eigenvalue weighted by Crippen LogP contribution is -2.42. The van der Waals surface area contributed by atoms with Gasteiger partial charge in [-0.1, -0.05) is 0 Å². The molecule has 0 atom stereocenters. The van der Waals surface area contributed by atoms with E-state index in [4.69, 9.17) is 9.57 Å². The van der Waals surface area contributed by atoms with Gasteiger partial charge in [-0.2, -0.15) is 5.10 Å². The van der Waals surface area contributed by atoms with Gasteiger partial charge in [0, 0.05) is 18.2 Å². The highest BCUT2D eigenvalue weighted by Crippen LogP contribution is 2.22. The Kier molecular flexibility index (Phi) is 5.43. The molecule has 0 fully saturated rings. The number of nitrogens with one attached hydrogen (secondary N) is 2. The molecule has 8 heteroatoms. The van der Waals surface area contributed by atoms with E-state index in [1.807, 2.05) is 20.8 Å². The molecule has 0 spiro atoms. The van der Waals surface area contributed by atoms with E-state index in [1.54, 1.807) is 30.3 Å². The van der Waals surface area contributed by atoms with Crippen molar-refractivity contribution in [1.29, 1.82) is 0 Å². The Bertz CT molecular complexity index is 747. The highest BCUT2D eigenvalue weighted by molar-refractivity contribution is 5.92. The van der Waals surface area contributed by atoms with Crippen LogP contribution in [0.2, 0.25) is 0 Å². The van der Waals surface area contributed by atoms with Crippen LogP contribution < -0.4 is 10.1 Å². The molecule has 2 rings (SSSR count). The van der Waals surface area contributed by atoms with Gasteiger partial charge in [-0.05, 0) is 51.1 Å². The molecular weight excluding hydrogens is 324 g/mol. The number of hydroxylamine groups is 2. The van der Waals surface area contributed by atoms with Gasteiger partial charge in [-0.25, -0.2) is 9.86 Å². The normalized spacial score (nSPS) is 11.1. The standard InChI is InChI=1S/C17H22N4O4/c1-17(2,3)18-16(23)25-12-8-6-11(7-9-12)13-10-14(20-19-13)15(22)21(4)24-5/h6-10H,1-5H3,(H,18,23)(H,19,20). The van der Waals surface area contributed by atoms with Crippen LogP contribution in [-0.2, 0) is 4.84 Å². The highest BCUT2D eigenvalue weighted by Gasteiger charge is 2.17. The Morgan fingerprint density at radius 2 is 1.84 bits per heavy atom. The Morgan fingerprint density at radius 3 is 2.40 bits per heavy atom. The van der Waals surface area contributed by atoms with E-state index in [1.165, 1.54) is 14.2 Å². The third-order valence-electron chi connectivity index (χ3n) is 3.21.